The van der Waals surface area contributed by atoms with Crippen molar-refractivity contribution in [3.05, 3.63) is 52.3 Å². The summed E-state index contributed by atoms with van der Waals surface area (Å²) in [6.45, 7) is 4.80. The smallest absolute Gasteiger partial charge is 0.0995 e. The molecule has 1 aliphatic rings. The molecule has 0 aliphatic carbocycles. The Kier molecular flexibility index (Phi) is 4.03. The number of nitriles is 1. The molecule has 0 fully saturated rings. The van der Waals surface area contributed by atoms with Crippen molar-refractivity contribution in [2.75, 3.05) is 6.54 Å². The van der Waals surface area contributed by atoms with Crippen molar-refractivity contribution >= 4 is 0 Å². The third-order valence-corrected chi connectivity index (χ3v) is 4.03. The summed E-state index contributed by atoms with van der Waals surface area (Å²) < 4.78 is 2.11. The maximum atomic E-state index is 9.23. The molecule has 21 heavy (non-hydrogen) atoms. The number of rotatable bonds is 4. The van der Waals surface area contributed by atoms with Gasteiger partial charge in [-0.25, -0.2) is 0 Å². The van der Waals surface area contributed by atoms with Gasteiger partial charge in [0.1, 0.15) is 0 Å². The lowest BCUT2D eigenvalue weighted by Crippen LogP contribution is -2.25. The first-order valence-electron chi connectivity index (χ1n) is 7.59. The molecule has 4 heteroatoms. The van der Waals surface area contributed by atoms with Crippen molar-refractivity contribution in [3.8, 4) is 6.07 Å². The first-order valence-corrected chi connectivity index (χ1v) is 7.59. The Labute approximate surface area is 125 Å². The Bertz CT molecular complexity index is 679. The quantitative estimate of drug-likeness (QED) is 0.935. The molecule has 4 nitrogen and oxygen atoms in total. The molecule has 0 spiro atoms. The SMILES string of the molecule is CCCc1nn(Cc2ccccc2C#N)c2c1CNCC2. The van der Waals surface area contributed by atoms with Crippen molar-refractivity contribution in [1.82, 2.24) is 15.1 Å². The zero-order valence-electron chi connectivity index (χ0n) is 12.4. The van der Waals surface area contributed by atoms with Crippen LogP contribution < -0.4 is 5.32 Å². The molecular weight excluding hydrogens is 260 g/mol. The summed E-state index contributed by atoms with van der Waals surface area (Å²) >= 11 is 0. The number of benzene rings is 1. The van der Waals surface area contributed by atoms with Crippen LogP contribution in [0.3, 0.4) is 0 Å². The fraction of sp³-hybridized carbons (Fsp3) is 0.412. The van der Waals surface area contributed by atoms with Crippen LogP contribution in [-0.2, 0) is 25.9 Å². The monoisotopic (exact) mass is 280 g/mol. The van der Waals surface area contributed by atoms with Crippen molar-refractivity contribution in [3.63, 3.8) is 0 Å². The van der Waals surface area contributed by atoms with Crippen molar-refractivity contribution < 1.29 is 0 Å². The van der Waals surface area contributed by atoms with Crippen LogP contribution in [-0.4, -0.2) is 16.3 Å². The second kappa shape index (κ2) is 6.11. The summed E-state index contributed by atoms with van der Waals surface area (Å²) in [5.74, 6) is 0. The number of nitrogens with one attached hydrogen (secondary N) is 1. The number of fused-ring (bicyclic) bond motifs is 1. The molecule has 0 radical (unpaired) electrons. The van der Waals surface area contributed by atoms with Gasteiger partial charge in [-0.05, 0) is 18.1 Å². The Balaban J connectivity index is 1.97. The molecule has 0 unspecified atom stereocenters. The maximum absolute atomic E-state index is 9.23. The van der Waals surface area contributed by atoms with Crippen LogP contribution in [0.2, 0.25) is 0 Å². The minimum atomic E-state index is 0.690. The van der Waals surface area contributed by atoms with Crippen LogP contribution in [0.5, 0.6) is 0 Å². The number of nitrogens with zero attached hydrogens (tertiary/aromatic N) is 3. The van der Waals surface area contributed by atoms with E-state index in [0.29, 0.717) is 6.54 Å². The molecule has 3 rings (SSSR count). The zero-order chi connectivity index (χ0) is 14.7. The van der Waals surface area contributed by atoms with E-state index in [2.05, 4.69) is 23.0 Å². The molecule has 2 aromatic rings. The topological polar surface area (TPSA) is 53.6 Å². The molecule has 1 aliphatic heterocycles. The third kappa shape index (κ3) is 2.70. The predicted octanol–water partition coefficient (Wildman–Crippen LogP) is 2.40. The van der Waals surface area contributed by atoms with Gasteiger partial charge in [0.15, 0.2) is 0 Å². The molecule has 0 amide bonds. The minimum absolute atomic E-state index is 0.690. The second-order valence-electron chi connectivity index (χ2n) is 5.48. The van der Waals surface area contributed by atoms with Gasteiger partial charge in [0.25, 0.3) is 0 Å². The van der Waals surface area contributed by atoms with Gasteiger partial charge in [-0.1, -0.05) is 31.5 Å². The van der Waals surface area contributed by atoms with Gasteiger partial charge >= 0.3 is 0 Å². The number of hydrogen-bond acceptors (Lipinski definition) is 3. The second-order valence-corrected chi connectivity index (χ2v) is 5.48. The van der Waals surface area contributed by atoms with Gasteiger partial charge in [-0.2, -0.15) is 10.4 Å². The number of aryl methyl sites for hydroxylation is 1. The van der Waals surface area contributed by atoms with Gasteiger partial charge in [0.2, 0.25) is 0 Å². The Morgan fingerprint density at radius 2 is 2.24 bits per heavy atom. The summed E-state index contributed by atoms with van der Waals surface area (Å²) in [7, 11) is 0. The largest absolute Gasteiger partial charge is 0.312 e. The standard InChI is InChI=1S/C17H20N4/c1-2-5-16-15-11-19-9-8-17(15)21(20-16)12-14-7-4-3-6-13(14)10-18/h3-4,6-7,19H,2,5,8-9,11-12H2,1H3. The van der Waals surface area contributed by atoms with Crippen LogP contribution >= 0.6 is 0 Å². The van der Waals surface area contributed by atoms with E-state index in [0.717, 1.165) is 43.5 Å². The minimum Gasteiger partial charge on any atom is -0.312 e. The number of aromatic nitrogens is 2. The van der Waals surface area contributed by atoms with Crippen molar-refractivity contribution in [1.29, 1.82) is 5.26 Å². The molecular formula is C17H20N4. The lowest BCUT2D eigenvalue weighted by atomic mass is 10.0. The van der Waals surface area contributed by atoms with Crippen LogP contribution in [0.4, 0.5) is 0 Å². The average Bonchev–Trinajstić information content (AvgIpc) is 2.87. The maximum Gasteiger partial charge on any atom is 0.0995 e. The molecule has 0 bridgehead atoms. The van der Waals surface area contributed by atoms with Gasteiger partial charge in [0.05, 0.1) is 23.9 Å². The summed E-state index contributed by atoms with van der Waals surface area (Å²) in [5, 5.41) is 17.5. The Morgan fingerprint density at radius 1 is 1.38 bits per heavy atom. The first-order chi connectivity index (χ1) is 10.3. The van der Waals surface area contributed by atoms with E-state index >= 15 is 0 Å². The van der Waals surface area contributed by atoms with Gasteiger partial charge < -0.3 is 5.32 Å². The van der Waals surface area contributed by atoms with E-state index < -0.39 is 0 Å². The Hall–Kier alpha value is -2.12. The normalized spacial score (nSPS) is 13.7. The van der Waals surface area contributed by atoms with Gasteiger partial charge in [0, 0.05) is 30.8 Å². The summed E-state index contributed by atoms with van der Waals surface area (Å²) in [6, 6.07) is 10.1. The van der Waals surface area contributed by atoms with Gasteiger partial charge in [-0.15, -0.1) is 0 Å². The van der Waals surface area contributed by atoms with Crippen LogP contribution in [0.25, 0.3) is 0 Å². The highest BCUT2D eigenvalue weighted by Crippen LogP contribution is 2.21. The highest BCUT2D eigenvalue weighted by molar-refractivity contribution is 5.38. The van der Waals surface area contributed by atoms with Crippen LogP contribution in [0.1, 0.15) is 41.4 Å². The van der Waals surface area contributed by atoms with Crippen molar-refractivity contribution in [2.24, 2.45) is 0 Å². The molecule has 0 atom stereocenters. The molecule has 0 saturated carbocycles. The van der Waals surface area contributed by atoms with E-state index in [1.165, 1.54) is 17.0 Å². The predicted molar refractivity (Wildman–Crippen MR) is 81.9 cm³/mol. The molecule has 1 N–H and O–H groups in total. The van der Waals surface area contributed by atoms with Crippen LogP contribution in [0, 0.1) is 11.3 Å². The van der Waals surface area contributed by atoms with E-state index in [9.17, 15) is 5.26 Å². The summed E-state index contributed by atoms with van der Waals surface area (Å²) in [4.78, 5) is 0. The fourth-order valence-electron chi connectivity index (χ4n) is 2.99. The van der Waals surface area contributed by atoms with E-state index in [1.807, 2.05) is 24.3 Å². The first kappa shape index (κ1) is 13.8. The molecule has 2 heterocycles. The molecule has 0 saturated heterocycles. The lowest BCUT2D eigenvalue weighted by Gasteiger charge is -2.16. The average molecular weight is 280 g/mol. The highest BCUT2D eigenvalue weighted by atomic mass is 15.3. The zero-order valence-corrected chi connectivity index (χ0v) is 12.4. The molecule has 1 aromatic carbocycles. The van der Waals surface area contributed by atoms with E-state index in [-0.39, 0.29) is 0 Å². The summed E-state index contributed by atoms with van der Waals surface area (Å²) in [5.41, 5.74) is 5.72. The molecule has 1 aromatic heterocycles. The third-order valence-electron chi connectivity index (χ3n) is 4.03. The summed E-state index contributed by atoms with van der Waals surface area (Å²) in [6.07, 6.45) is 3.15. The molecule has 108 valence electrons. The van der Waals surface area contributed by atoms with E-state index in [4.69, 9.17) is 5.10 Å². The number of hydrogen-bond donors (Lipinski definition) is 1. The lowest BCUT2D eigenvalue weighted by molar-refractivity contribution is 0.582. The van der Waals surface area contributed by atoms with Crippen molar-refractivity contribution in [2.45, 2.75) is 39.3 Å². The highest BCUT2D eigenvalue weighted by Gasteiger charge is 2.20. The van der Waals surface area contributed by atoms with Gasteiger partial charge in [-0.3, -0.25) is 4.68 Å². The Morgan fingerprint density at radius 3 is 3.05 bits per heavy atom. The van der Waals surface area contributed by atoms with E-state index in [1.54, 1.807) is 0 Å². The van der Waals surface area contributed by atoms with Crippen LogP contribution in [0.15, 0.2) is 24.3 Å². The fourth-order valence-corrected chi connectivity index (χ4v) is 2.99.